The van der Waals surface area contributed by atoms with Crippen molar-refractivity contribution < 1.29 is 4.79 Å². The third kappa shape index (κ3) is 12.9. The van der Waals surface area contributed by atoms with Crippen LogP contribution in [0.15, 0.2) is 24.3 Å². The van der Waals surface area contributed by atoms with Crippen molar-refractivity contribution in [2.75, 3.05) is 6.54 Å². The third-order valence-corrected chi connectivity index (χ3v) is 2.18. The molecule has 0 aliphatic heterocycles. The van der Waals surface area contributed by atoms with Gasteiger partial charge in [0.2, 0.25) is 6.41 Å². The van der Waals surface area contributed by atoms with E-state index in [0.29, 0.717) is 13.0 Å². The molecule has 0 aromatic rings. The van der Waals surface area contributed by atoms with Crippen molar-refractivity contribution in [3.05, 3.63) is 24.3 Å². The molecule has 0 aromatic carbocycles. The second-order valence-corrected chi connectivity index (χ2v) is 3.59. The van der Waals surface area contributed by atoms with Gasteiger partial charge in [-0.2, -0.15) is 0 Å². The highest BCUT2D eigenvalue weighted by molar-refractivity contribution is 5.46. The first-order valence-corrected chi connectivity index (χ1v) is 5.90. The summed E-state index contributed by atoms with van der Waals surface area (Å²) >= 11 is 0. The Bertz CT molecular complexity index is 185. The van der Waals surface area contributed by atoms with Gasteiger partial charge in [-0.1, -0.05) is 56.9 Å². The van der Waals surface area contributed by atoms with Gasteiger partial charge in [-0.25, -0.2) is 0 Å². The molecule has 0 aromatic heterocycles. The van der Waals surface area contributed by atoms with Crippen molar-refractivity contribution in [3.63, 3.8) is 0 Å². The highest BCUT2D eigenvalue weighted by Crippen LogP contribution is 2.05. The number of rotatable bonds is 10. The Morgan fingerprint density at radius 1 is 1.00 bits per heavy atom. The molecule has 0 heterocycles. The van der Waals surface area contributed by atoms with E-state index in [4.69, 9.17) is 0 Å². The number of nitrogens with one attached hydrogen (secondary N) is 1. The van der Waals surface area contributed by atoms with Crippen LogP contribution < -0.4 is 5.32 Å². The van der Waals surface area contributed by atoms with E-state index >= 15 is 0 Å². The van der Waals surface area contributed by atoms with Crippen LogP contribution in [0, 0.1) is 0 Å². The molecule has 0 bridgehead atoms. The number of hydrogen-bond donors (Lipinski definition) is 1. The first kappa shape index (κ1) is 13.9. The fourth-order valence-corrected chi connectivity index (χ4v) is 1.30. The molecule has 0 radical (unpaired) electrons. The lowest BCUT2D eigenvalue weighted by Gasteiger charge is -1.95. The SMILES string of the molecule is CCCCCCC/C=C/C=C/CNC=O. The molecule has 0 aliphatic carbocycles. The van der Waals surface area contributed by atoms with Crippen molar-refractivity contribution in [3.8, 4) is 0 Å². The van der Waals surface area contributed by atoms with Crippen molar-refractivity contribution in [1.29, 1.82) is 0 Å². The topological polar surface area (TPSA) is 29.1 Å². The first-order chi connectivity index (χ1) is 7.41. The van der Waals surface area contributed by atoms with Crippen LogP contribution in [0.3, 0.4) is 0 Å². The quantitative estimate of drug-likeness (QED) is 0.334. The van der Waals surface area contributed by atoms with E-state index in [0.717, 1.165) is 6.42 Å². The van der Waals surface area contributed by atoms with Crippen LogP contribution in [0.4, 0.5) is 0 Å². The number of carbonyl (C=O) groups is 1. The lowest BCUT2D eigenvalue weighted by Crippen LogP contribution is -2.08. The van der Waals surface area contributed by atoms with Gasteiger partial charge in [0, 0.05) is 6.54 Å². The fourth-order valence-electron chi connectivity index (χ4n) is 1.30. The summed E-state index contributed by atoms with van der Waals surface area (Å²) in [5.41, 5.74) is 0. The van der Waals surface area contributed by atoms with Gasteiger partial charge in [-0.05, 0) is 12.8 Å². The predicted octanol–water partition coefficient (Wildman–Crippen LogP) is 3.21. The highest BCUT2D eigenvalue weighted by atomic mass is 16.1. The van der Waals surface area contributed by atoms with Gasteiger partial charge in [-0.15, -0.1) is 0 Å². The molecule has 2 heteroatoms. The maximum atomic E-state index is 9.90. The van der Waals surface area contributed by atoms with Crippen LogP contribution in [-0.2, 0) is 4.79 Å². The Labute approximate surface area is 93.5 Å². The van der Waals surface area contributed by atoms with Crippen molar-refractivity contribution in [2.45, 2.75) is 45.4 Å². The number of allylic oxidation sites excluding steroid dienone is 3. The molecule has 0 aliphatic rings. The van der Waals surface area contributed by atoms with Crippen LogP contribution in [0.25, 0.3) is 0 Å². The smallest absolute Gasteiger partial charge is 0.207 e. The maximum Gasteiger partial charge on any atom is 0.207 e. The van der Waals surface area contributed by atoms with E-state index in [-0.39, 0.29) is 0 Å². The molecular weight excluding hydrogens is 186 g/mol. The minimum atomic E-state index is 0.615. The second kappa shape index (κ2) is 12.9. The zero-order chi connectivity index (χ0) is 11.2. The Kier molecular flexibility index (Phi) is 12.0. The molecule has 1 amide bonds. The van der Waals surface area contributed by atoms with E-state index in [1.165, 1.54) is 32.1 Å². The van der Waals surface area contributed by atoms with Gasteiger partial charge in [0.25, 0.3) is 0 Å². The third-order valence-electron chi connectivity index (χ3n) is 2.18. The molecule has 0 fully saturated rings. The molecule has 0 rings (SSSR count). The Hall–Kier alpha value is -1.05. The van der Waals surface area contributed by atoms with Crippen molar-refractivity contribution in [1.82, 2.24) is 5.32 Å². The zero-order valence-electron chi connectivity index (χ0n) is 9.74. The van der Waals surface area contributed by atoms with Gasteiger partial charge in [0.05, 0.1) is 0 Å². The average molecular weight is 209 g/mol. The van der Waals surface area contributed by atoms with Gasteiger partial charge >= 0.3 is 0 Å². The summed E-state index contributed by atoms with van der Waals surface area (Å²) in [6.45, 7) is 2.85. The van der Waals surface area contributed by atoms with E-state index < -0.39 is 0 Å². The Morgan fingerprint density at radius 2 is 1.73 bits per heavy atom. The molecule has 0 spiro atoms. The molecule has 1 N–H and O–H groups in total. The molecule has 0 atom stereocenters. The molecule has 2 nitrogen and oxygen atoms in total. The number of carbonyl (C=O) groups excluding carboxylic acids is 1. The number of hydrogen-bond acceptors (Lipinski definition) is 1. The summed E-state index contributed by atoms with van der Waals surface area (Å²) in [5, 5.41) is 2.57. The molecule has 0 saturated heterocycles. The van der Waals surface area contributed by atoms with Crippen LogP contribution >= 0.6 is 0 Å². The summed E-state index contributed by atoms with van der Waals surface area (Å²) in [6, 6.07) is 0. The molecule has 86 valence electrons. The zero-order valence-corrected chi connectivity index (χ0v) is 9.74. The normalized spacial score (nSPS) is 11.3. The minimum absolute atomic E-state index is 0.615. The van der Waals surface area contributed by atoms with Crippen LogP contribution in [-0.4, -0.2) is 13.0 Å². The van der Waals surface area contributed by atoms with E-state index in [2.05, 4.69) is 18.3 Å². The minimum Gasteiger partial charge on any atom is -0.355 e. The largest absolute Gasteiger partial charge is 0.355 e. The highest BCUT2D eigenvalue weighted by Gasteiger charge is 1.85. The van der Waals surface area contributed by atoms with E-state index in [1.807, 2.05) is 18.2 Å². The lowest BCUT2D eigenvalue weighted by atomic mass is 10.1. The summed E-state index contributed by atoms with van der Waals surface area (Å²) in [7, 11) is 0. The van der Waals surface area contributed by atoms with E-state index in [9.17, 15) is 4.79 Å². The summed E-state index contributed by atoms with van der Waals surface area (Å²) in [5.74, 6) is 0. The second-order valence-electron chi connectivity index (χ2n) is 3.59. The number of unbranched alkanes of at least 4 members (excludes halogenated alkanes) is 5. The predicted molar refractivity (Wildman–Crippen MR) is 65.7 cm³/mol. The van der Waals surface area contributed by atoms with Crippen molar-refractivity contribution in [2.24, 2.45) is 0 Å². The molecular formula is C13H23NO. The van der Waals surface area contributed by atoms with Gasteiger partial charge in [0.15, 0.2) is 0 Å². The van der Waals surface area contributed by atoms with Crippen molar-refractivity contribution >= 4 is 6.41 Å². The standard InChI is InChI=1S/C13H23NO/c1-2-3-4-5-6-7-8-9-10-11-12-14-13-15/h8-11,13H,2-7,12H2,1H3,(H,14,15)/b9-8+,11-10+. The van der Waals surface area contributed by atoms with Gasteiger partial charge < -0.3 is 5.32 Å². The fraction of sp³-hybridized carbons (Fsp3) is 0.615. The summed E-state index contributed by atoms with van der Waals surface area (Å²) < 4.78 is 0. The summed E-state index contributed by atoms with van der Waals surface area (Å²) in [4.78, 5) is 9.90. The first-order valence-electron chi connectivity index (χ1n) is 5.90. The molecule has 0 unspecified atom stereocenters. The van der Waals surface area contributed by atoms with E-state index in [1.54, 1.807) is 0 Å². The van der Waals surface area contributed by atoms with Crippen LogP contribution in [0.2, 0.25) is 0 Å². The summed E-state index contributed by atoms with van der Waals surface area (Å²) in [6.07, 6.45) is 16.7. The van der Waals surface area contributed by atoms with Gasteiger partial charge in [0.1, 0.15) is 0 Å². The average Bonchev–Trinajstić information content (AvgIpc) is 2.26. The maximum absolute atomic E-state index is 9.90. The Morgan fingerprint density at radius 3 is 2.47 bits per heavy atom. The van der Waals surface area contributed by atoms with Crippen LogP contribution in [0.5, 0.6) is 0 Å². The van der Waals surface area contributed by atoms with Gasteiger partial charge in [-0.3, -0.25) is 4.79 Å². The molecule has 15 heavy (non-hydrogen) atoms. The lowest BCUT2D eigenvalue weighted by molar-refractivity contribution is -0.109. The number of amides is 1. The Balaban J connectivity index is 3.16. The van der Waals surface area contributed by atoms with Crippen LogP contribution in [0.1, 0.15) is 45.4 Å². The molecule has 0 saturated carbocycles. The monoisotopic (exact) mass is 209 g/mol.